The summed E-state index contributed by atoms with van der Waals surface area (Å²) in [7, 11) is 0. The third-order valence-corrected chi connectivity index (χ3v) is 4.21. The van der Waals surface area contributed by atoms with Gasteiger partial charge in [0.05, 0.1) is 17.8 Å². The molecule has 0 aromatic heterocycles. The van der Waals surface area contributed by atoms with Crippen LogP contribution in [0.15, 0.2) is 0 Å². The summed E-state index contributed by atoms with van der Waals surface area (Å²) >= 11 is 1.90. The molecular weight excluding hydrogens is 198 g/mol. The highest BCUT2D eigenvalue weighted by Gasteiger charge is 2.39. The number of hydrogen-bond acceptors (Lipinski definition) is 4. The molecule has 1 saturated heterocycles. The Labute approximate surface area is 90.4 Å². The first-order valence-electron chi connectivity index (χ1n) is 5.16. The fourth-order valence-corrected chi connectivity index (χ4v) is 3.01. The molecule has 0 aromatic carbocycles. The third-order valence-electron chi connectivity index (χ3n) is 2.78. The lowest BCUT2D eigenvalue weighted by Crippen LogP contribution is -2.45. The van der Waals surface area contributed by atoms with Gasteiger partial charge in [-0.05, 0) is 20.3 Å². The number of aliphatic hydroxyl groups excluding tert-OH is 1. The summed E-state index contributed by atoms with van der Waals surface area (Å²) in [5.41, 5.74) is 5.55. The van der Waals surface area contributed by atoms with Crippen molar-refractivity contribution in [2.75, 3.05) is 12.3 Å². The summed E-state index contributed by atoms with van der Waals surface area (Å²) in [5, 5.41) is 10.00. The van der Waals surface area contributed by atoms with Crippen LogP contribution in [0, 0.1) is 0 Å². The Hall–Kier alpha value is 0.230. The molecule has 4 unspecified atom stereocenters. The molecule has 1 fully saturated rings. The molecule has 1 aliphatic rings. The molecule has 0 radical (unpaired) electrons. The lowest BCUT2D eigenvalue weighted by Gasteiger charge is -2.32. The predicted octanol–water partition coefficient (Wildman–Crippen LogP) is 0.995. The Kier molecular flexibility index (Phi) is 4.25. The molecule has 4 heteroatoms. The summed E-state index contributed by atoms with van der Waals surface area (Å²) in [6.45, 7) is 6.38. The predicted molar refractivity (Wildman–Crippen MR) is 60.6 cm³/mol. The molecule has 14 heavy (non-hydrogen) atoms. The van der Waals surface area contributed by atoms with Crippen LogP contribution >= 0.6 is 11.8 Å². The molecular formula is C10H21NO2S. The zero-order chi connectivity index (χ0) is 10.8. The Bertz CT molecular complexity index is 189. The minimum absolute atomic E-state index is 0.135. The summed E-state index contributed by atoms with van der Waals surface area (Å²) < 4.78 is 5.88. The zero-order valence-electron chi connectivity index (χ0n) is 9.19. The van der Waals surface area contributed by atoms with Crippen molar-refractivity contribution in [2.24, 2.45) is 5.73 Å². The molecule has 0 amide bonds. The zero-order valence-corrected chi connectivity index (χ0v) is 10.0. The fraction of sp³-hybridized carbons (Fsp3) is 1.00. The monoisotopic (exact) mass is 219 g/mol. The lowest BCUT2D eigenvalue weighted by molar-refractivity contribution is -0.107. The van der Waals surface area contributed by atoms with Gasteiger partial charge < -0.3 is 15.6 Å². The summed E-state index contributed by atoms with van der Waals surface area (Å²) in [5.74, 6) is 0.946. The third kappa shape index (κ3) is 2.86. The van der Waals surface area contributed by atoms with Crippen molar-refractivity contribution < 1.29 is 9.84 Å². The van der Waals surface area contributed by atoms with Gasteiger partial charge in [0.15, 0.2) is 0 Å². The van der Waals surface area contributed by atoms with Gasteiger partial charge in [-0.3, -0.25) is 0 Å². The van der Waals surface area contributed by atoms with Crippen LogP contribution in [-0.4, -0.2) is 40.5 Å². The quantitative estimate of drug-likeness (QED) is 0.740. The van der Waals surface area contributed by atoms with E-state index in [2.05, 4.69) is 6.92 Å². The van der Waals surface area contributed by atoms with Gasteiger partial charge in [0.2, 0.25) is 0 Å². The van der Waals surface area contributed by atoms with Crippen LogP contribution in [0.1, 0.15) is 27.2 Å². The van der Waals surface area contributed by atoms with Crippen LogP contribution < -0.4 is 5.73 Å². The van der Waals surface area contributed by atoms with Crippen LogP contribution in [0.2, 0.25) is 0 Å². The standard InChI is InChI=1S/C10H21NO2S/c1-7-4-10(5-11,6-14-7)13-9(3)8(2)12/h7-9,12H,4-6,11H2,1-3H3. The van der Waals surface area contributed by atoms with Gasteiger partial charge in [-0.15, -0.1) is 0 Å². The second kappa shape index (κ2) is 4.84. The number of aliphatic hydroxyl groups is 1. The van der Waals surface area contributed by atoms with E-state index in [0.29, 0.717) is 11.8 Å². The van der Waals surface area contributed by atoms with Gasteiger partial charge in [0.25, 0.3) is 0 Å². The molecule has 3 N–H and O–H groups in total. The highest BCUT2D eigenvalue weighted by Crippen LogP contribution is 2.37. The molecule has 1 heterocycles. The summed E-state index contributed by atoms with van der Waals surface area (Å²) in [6, 6.07) is 0. The average Bonchev–Trinajstić information content (AvgIpc) is 2.48. The number of nitrogens with two attached hydrogens (primary N) is 1. The molecule has 0 saturated carbocycles. The topological polar surface area (TPSA) is 55.5 Å². The van der Waals surface area contributed by atoms with Crippen LogP contribution in [-0.2, 0) is 4.74 Å². The lowest BCUT2D eigenvalue weighted by atomic mass is 10.00. The van der Waals surface area contributed by atoms with Crippen molar-refractivity contribution in [3.63, 3.8) is 0 Å². The normalized spacial score (nSPS) is 37.1. The molecule has 1 aliphatic heterocycles. The molecule has 4 atom stereocenters. The van der Waals surface area contributed by atoms with Crippen molar-refractivity contribution in [3.05, 3.63) is 0 Å². The van der Waals surface area contributed by atoms with E-state index in [1.54, 1.807) is 6.92 Å². The minimum Gasteiger partial charge on any atom is -0.391 e. The SMILES string of the molecule is CC1CC(CN)(OC(C)C(C)O)CS1. The van der Waals surface area contributed by atoms with E-state index < -0.39 is 6.10 Å². The molecule has 0 aliphatic carbocycles. The molecule has 0 spiro atoms. The van der Waals surface area contributed by atoms with E-state index in [1.165, 1.54) is 0 Å². The fourth-order valence-electron chi connectivity index (χ4n) is 1.70. The van der Waals surface area contributed by atoms with Crippen LogP contribution in [0.25, 0.3) is 0 Å². The summed E-state index contributed by atoms with van der Waals surface area (Å²) in [6.07, 6.45) is 0.425. The summed E-state index contributed by atoms with van der Waals surface area (Å²) in [4.78, 5) is 0. The number of thioether (sulfide) groups is 1. The first kappa shape index (κ1) is 12.3. The van der Waals surface area contributed by atoms with E-state index in [4.69, 9.17) is 10.5 Å². The van der Waals surface area contributed by atoms with E-state index in [9.17, 15) is 5.11 Å². The largest absolute Gasteiger partial charge is 0.391 e. The van der Waals surface area contributed by atoms with Crippen molar-refractivity contribution in [1.29, 1.82) is 0 Å². The Morgan fingerprint density at radius 1 is 1.64 bits per heavy atom. The number of ether oxygens (including phenoxy) is 1. The first-order chi connectivity index (χ1) is 6.49. The van der Waals surface area contributed by atoms with Gasteiger partial charge in [0.1, 0.15) is 0 Å². The van der Waals surface area contributed by atoms with E-state index in [0.717, 1.165) is 12.2 Å². The molecule has 3 nitrogen and oxygen atoms in total. The van der Waals surface area contributed by atoms with E-state index in [-0.39, 0.29) is 11.7 Å². The minimum atomic E-state index is -0.431. The van der Waals surface area contributed by atoms with Gasteiger partial charge >= 0.3 is 0 Å². The Balaban J connectivity index is 2.54. The van der Waals surface area contributed by atoms with Gasteiger partial charge in [-0.25, -0.2) is 0 Å². The number of rotatable bonds is 4. The van der Waals surface area contributed by atoms with E-state index >= 15 is 0 Å². The second-order valence-electron chi connectivity index (χ2n) is 4.28. The van der Waals surface area contributed by atoms with Gasteiger partial charge in [-0.1, -0.05) is 6.92 Å². The maximum Gasteiger partial charge on any atom is 0.0909 e. The van der Waals surface area contributed by atoms with Crippen LogP contribution in [0.5, 0.6) is 0 Å². The smallest absolute Gasteiger partial charge is 0.0909 e. The van der Waals surface area contributed by atoms with Crippen molar-refractivity contribution in [3.8, 4) is 0 Å². The second-order valence-corrected chi connectivity index (χ2v) is 5.70. The Morgan fingerprint density at radius 2 is 2.29 bits per heavy atom. The molecule has 1 rings (SSSR count). The highest BCUT2D eigenvalue weighted by atomic mass is 32.2. The van der Waals surface area contributed by atoms with Gasteiger partial charge in [0, 0.05) is 17.5 Å². The number of hydrogen-bond donors (Lipinski definition) is 2. The maximum atomic E-state index is 9.38. The first-order valence-corrected chi connectivity index (χ1v) is 6.21. The molecule has 84 valence electrons. The maximum absolute atomic E-state index is 9.38. The van der Waals surface area contributed by atoms with Crippen molar-refractivity contribution in [1.82, 2.24) is 0 Å². The van der Waals surface area contributed by atoms with E-state index in [1.807, 2.05) is 18.7 Å². The van der Waals surface area contributed by atoms with Crippen molar-refractivity contribution >= 4 is 11.8 Å². The molecule has 0 bridgehead atoms. The van der Waals surface area contributed by atoms with Gasteiger partial charge in [-0.2, -0.15) is 11.8 Å². The average molecular weight is 219 g/mol. The van der Waals surface area contributed by atoms with Crippen molar-refractivity contribution in [2.45, 2.75) is 50.3 Å². The highest BCUT2D eigenvalue weighted by molar-refractivity contribution is 8.00. The molecule has 0 aromatic rings. The van der Waals surface area contributed by atoms with Crippen LogP contribution in [0.3, 0.4) is 0 Å². The Morgan fingerprint density at radius 3 is 2.64 bits per heavy atom. The van der Waals surface area contributed by atoms with Crippen LogP contribution in [0.4, 0.5) is 0 Å².